The standard InChI is InChI=1S/C13H18ClNO2/c1-10(2)17-12-6-4-11(5-7-12)15(3)13(16)8-9-14/h4-7,10H,8-9H2,1-3H3. The molecule has 0 unspecified atom stereocenters. The van der Waals surface area contributed by atoms with Gasteiger partial charge in [0.2, 0.25) is 5.91 Å². The number of ether oxygens (including phenoxy) is 1. The van der Waals surface area contributed by atoms with Crippen molar-refractivity contribution in [3.8, 4) is 5.75 Å². The van der Waals surface area contributed by atoms with Crippen LogP contribution in [-0.4, -0.2) is 24.9 Å². The molecule has 0 N–H and O–H groups in total. The zero-order chi connectivity index (χ0) is 12.8. The summed E-state index contributed by atoms with van der Waals surface area (Å²) in [5.41, 5.74) is 0.844. The van der Waals surface area contributed by atoms with Crippen LogP contribution in [0.4, 0.5) is 5.69 Å². The number of carbonyl (C=O) groups excluding carboxylic acids is 1. The van der Waals surface area contributed by atoms with Gasteiger partial charge in [-0.15, -0.1) is 11.6 Å². The molecule has 1 rings (SSSR count). The van der Waals surface area contributed by atoms with Crippen LogP contribution in [0.3, 0.4) is 0 Å². The molecule has 0 aliphatic heterocycles. The van der Waals surface area contributed by atoms with Gasteiger partial charge in [0.05, 0.1) is 6.10 Å². The molecule has 0 saturated heterocycles. The quantitative estimate of drug-likeness (QED) is 0.757. The lowest BCUT2D eigenvalue weighted by atomic mass is 10.2. The fourth-order valence-corrected chi connectivity index (χ4v) is 1.57. The molecule has 0 heterocycles. The highest BCUT2D eigenvalue weighted by Gasteiger charge is 2.09. The first-order valence-corrected chi connectivity index (χ1v) is 6.17. The molecular weight excluding hydrogens is 238 g/mol. The molecular formula is C13H18ClNO2. The Bertz CT molecular complexity index is 362. The molecule has 94 valence electrons. The van der Waals surface area contributed by atoms with E-state index in [1.165, 1.54) is 0 Å². The van der Waals surface area contributed by atoms with E-state index in [-0.39, 0.29) is 12.0 Å². The molecule has 3 nitrogen and oxygen atoms in total. The Kier molecular flexibility index (Phi) is 5.29. The Morgan fingerprint density at radius 1 is 1.35 bits per heavy atom. The van der Waals surface area contributed by atoms with Gasteiger partial charge in [0, 0.05) is 25.0 Å². The minimum Gasteiger partial charge on any atom is -0.491 e. The van der Waals surface area contributed by atoms with Crippen LogP contribution in [-0.2, 0) is 4.79 Å². The number of hydrogen-bond acceptors (Lipinski definition) is 2. The molecule has 17 heavy (non-hydrogen) atoms. The number of hydrogen-bond donors (Lipinski definition) is 0. The minimum absolute atomic E-state index is 0.0116. The van der Waals surface area contributed by atoms with E-state index < -0.39 is 0 Å². The first kappa shape index (κ1) is 13.8. The van der Waals surface area contributed by atoms with Gasteiger partial charge in [-0.05, 0) is 38.1 Å². The second-order valence-corrected chi connectivity index (χ2v) is 4.43. The van der Waals surface area contributed by atoms with E-state index in [1.54, 1.807) is 11.9 Å². The van der Waals surface area contributed by atoms with E-state index in [4.69, 9.17) is 16.3 Å². The highest BCUT2D eigenvalue weighted by atomic mass is 35.5. The molecule has 0 bridgehead atoms. The number of anilines is 1. The summed E-state index contributed by atoms with van der Waals surface area (Å²) < 4.78 is 5.53. The Morgan fingerprint density at radius 2 is 1.94 bits per heavy atom. The number of benzene rings is 1. The maximum Gasteiger partial charge on any atom is 0.227 e. The predicted octanol–water partition coefficient (Wildman–Crippen LogP) is 3.07. The molecule has 1 aromatic rings. The molecule has 0 saturated carbocycles. The van der Waals surface area contributed by atoms with Crippen molar-refractivity contribution >= 4 is 23.2 Å². The summed E-state index contributed by atoms with van der Waals surface area (Å²) >= 11 is 5.54. The van der Waals surface area contributed by atoms with Crippen LogP contribution >= 0.6 is 11.6 Å². The lowest BCUT2D eigenvalue weighted by molar-refractivity contribution is -0.117. The number of alkyl halides is 1. The molecule has 0 atom stereocenters. The first-order chi connectivity index (χ1) is 8.04. The zero-order valence-corrected chi connectivity index (χ0v) is 11.2. The van der Waals surface area contributed by atoms with Gasteiger partial charge in [0.15, 0.2) is 0 Å². The van der Waals surface area contributed by atoms with E-state index in [2.05, 4.69) is 0 Å². The molecule has 0 aliphatic carbocycles. The summed E-state index contributed by atoms with van der Waals surface area (Å²) in [6.07, 6.45) is 0.499. The van der Waals surface area contributed by atoms with Gasteiger partial charge in [0.1, 0.15) is 5.75 Å². The second kappa shape index (κ2) is 6.50. The SMILES string of the molecule is CC(C)Oc1ccc(N(C)C(=O)CCCl)cc1. The maximum absolute atomic E-state index is 11.6. The van der Waals surface area contributed by atoms with Gasteiger partial charge in [0.25, 0.3) is 0 Å². The fraction of sp³-hybridized carbons (Fsp3) is 0.462. The van der Waals surface area contributed by atoms with Crippen LogP contribution in [0.25, 0.3) is 0 Å². The Hall–Kier alpha value is -1.22. The average molecular weight is 256 g/mol. The fourth-order valence-electron chi connectivity index (χ4n) is 1.41. The number of amides is 1. The van der Waals surface area contributed by atoms with Crippen LogP contribution in [0, 0.1) is 0 Å². The Balaban J connectivity index is 2.70. The Labute approximate surface area is 107 Å². The highest BCUT2D eigenvalue weighted by Crippen LogP contribution is 2.19. The third kappa shape index (κ3) is 4.27. The van der Waals surface area contributed by atoms with Crippen molar-refractivity contribution in [2.75, 3.05) is 17.8 Å². The minimum atomic E-state index is 0.0116. The molecule has 0 spiro atoms. The molecule has 0 aromatic heterocycles. The average Bonchev–Trinajstić information content (AvgIpc) is 2.28. The zero-order valence-electron chi connectivity index (χ0n) is 10.4. The molecule has 0 fully saturated rings. The van der Waals surface area contributed by atoms with Crippen LogP contribution in [0.2, 0.25) is 0 Å². The monoisotopic (exact) mass is 255 g/mol. The third-order valence-corrected chi connectivity index (χ3v) is 2.47. The lowest BCUT2D eigenvalue weighted by Crippen LogP contribution is -2.26. The van der Waals surface area contributed by atoms with Crippen LogP contribution in [0.5, 0.6) is 5.75 Å². The van der Waals surface area contributed by atoms with Crippen LogP contribution in [0.15, 0.2) is 24.3 Å². The van der Waals surface area contributed by atoms with Gasteiger partial charge in [-0.2, -0.15) is 0 Å². The number of nitrogens with zero attached hydrogens (tertiary/aromatic N) is 1. The maximum atomic E-state index is 11.6. The van der Waals surface area contributed by atoms with E-state index in [0.29, 0.717) is 12.3 Å². The molecule has 4 heteroatoms. The van der Waals surface area contributed by atoms with Crippen molar-refractivity contribution in [1.29, 1.82) is 0 Å². The topological polar surface area (TPSA) is 29.5 Å². The summed E-state index contributed by atoms with van der Waals surface area (Å²) in [6.45, 7) is 3.95. The summed E-state index contributed by atoms with van der Waals surface area (Å²) in [7, 11) is 1.74. The van der Waals surface area contributed by atoms with Crippen molar-refractivity contribution in [2.24, 2.45) is 0 Å². The summed E-state index contributed by atoms with van der Waals surface area (Å²) in [5, 5.41) is 0. The van der Waals surface area contributed by atoms with Crippen molar-refractivity contribution in [1.82, 2.24) is 0 Å². The van der Waals surface area contributed by atoms with E-state index >= 15 is 0 Å². The van der Waals surface area contributed by atoms with Crippen molar-refractivity contribution in [3.63, 3.8) is 0 Å². The molecule has 0 radical (unpaired) electrons. The van der Waals surface area contributed by atoms with Crippen LogP contribution < -0.4 is 9.64 Å². The number of halogens is 1. The lowest BCUT2D eigenvalue weighted by Gasteiger charge is -2.17. The first-order valence-electron chi connectivity index (χ1n) is 5.64. The van der Waals surface area contributed by atoms with Gasteiger partial charge in [-0.1, -0.05) is 0 Å². The largest absolute Gasteiger partial charge is 0.491 e. The Morgan fingerprint density at radius 3 is 2.41 bits per heavy atom. The number of carbonyl (C=O) groups is 1. The van der Waals surface area contributed by atoms with Crippen molar-refractivity contribution in [3.05, 3.63) is 24.3 Å². The molecule has 1 amide bonds. The normalized spacial score (nSPS) is 10.4. The summed E-state index contributed by atoms with van der Waals surface area (Å²) in [6, 6.07) is 7.45. The highest BCUT2D eigenvalue weighted by molar-refractivity contribution is 6.19. The van der Waals surface area contributed by atoms with E-state index in [1.807, 2.05) is 38.1 Å². The van der Waals surface area contributed by atoms with E-state index in [9.17, 15) is 4.79 Å². The smallest absolute Gasteiger partial charge is 0.227 e. The summed E-state index contributed by atoms with van der Waals surface area (Å²) in [5.74, 6) is 1.16. The van der Waals surface area contributed by atoms with Gasteiger partial charge >= 0.3 is 0 Å². The number of rotatable bonds is 5. The summed E-state index contributed by atoms with van der Waals surface area (Å²) in [4.78, 5) is 13.2. The predicted molar refractivity (Wildman–Crippen MR) is 71.0 cm³/mol. The van der Waals surface area contributed by atoms with Crippen molar-refractivity contribution < 1.29 is 9.53 Å². The van der Waals surface area contributed by atoms with Gasteiger partial charge < -0.3 is 9.64 Å². The molecule has 0 aliphatic rings. The van der Waals surface area contributed by atoms with Crippen LogP contribution in [0.1, 0.15) is 20.3 Å². The van der Waals surface area contributed by atoms with Gasteiger partial charge in [-0.25, -0.2) is 0 Å². The molecule has 1 aromatic carbocycles. The second-order valence-electron chi connectivity index (χ2n) is 4.05. The third-order valence-electron chi connectivity index (χ3n) is 2.28. The van der Waals surface area contributed by atoms with Gasteiger partial charge in [-0.3, -0.25) is 4.79 Å². The van der Waals surface area contributed by atoms with E-state index in [0.717, 1.165) is 11.4 Å². The van der Waals surface area contributed by atoms with Crippen molar-refractivity contribution in [2.45, 2.75) is 26.4 Å².